The zero-order chi connectivity index (χ0) is 5.98. The highest BCUT2D eigenvalue weighted by molar-refractivity contribution is 4.64. The van der Waals surface area contributed by atoms with Crippen molar-refractivity contribution in [2.75, 3.05) is 13.2 Å². The molecule has 1 aliphatic heterocycles. The van der Waals surface area contributed by atoms with E-state index in [1.165, 1.54) is 0 Å². The van der Waals surface area contributed by atoms with Crippen molar-refractivity contribution >= 4 is 0 Å². The second-order valence-electron chi connectivity index (χ2n) is 2.03. The fourth-order valence-electron chi connectivity index (χ4n) is 0.766. The predicted molar refractivity (Wildman–Crippen MR) is 26.0 cm³/mol. The van der Waals surface area contributed by atoms with E-state index in [-0.39, 0.29) is 12.5 Å². The van der Waals surface area contributed by atoms with Gasteiger partial charge in [-0.05, 0) is 0 Å². The molecule has 2 nitrogen and oxygen atoms in total. The van der Waals surface area contributed by atoms with Gasteiger partial charge in [0.2, 0.25) is 0 Å². The van der Waals surface area contributed by atoms with E-state index in [9.17, 15) is 4.39 Å². The van der Waals surface area contributed by atoms with Crippen LogP contribution in [-0.2, 0) is 4.74 Å². The van der Waals surface area contributed by atoms with E-state index in [0.717, 1.165) is 0 Å². The van der Waals surface area contributed by atoms with E-state index >= 15 is 0 Å². The lowest BCUT2D eigenvalue weighted by atomic mass is 10.1. The fraction of sp³-hybridized carbons (Fsp3) is 1.00. The summed E-state index contributed by atoms with van der Waals surface area (Å²) in [4.78, 5) is 0. The Morgan fingerprint density at radius 1 is 1.75 bits per heavy atom. The largest absolute Gasteiger partial charge is 0.396 e. The maximum Gasteiger partial charge on any atom is 0.199 e. The Labute approximate surface area is 47.3 Å². The summed E-state index contributed by atoms with van der Waals surface area (Å²) >= 11 is 0. The van der Waals surface area contributed by atoms with Crippen LogP contribution in [0.25, 0.3) is 0 Å². The molecular formula is C5H9FO2. The van der Waals surface area contributed by atoms with Gasteiger partial charge in [-0.25, -0.2) is 4.39 Å². The molecule has 1 rings (SSSR count). The SMILES string of the molecule is OCC1COC(F)C1. The van der Waals surface area contributed by atoms with Gasteiger partial charge in [0, 0.05) is 18.9 Å². The Hall–Kier alpha value is -0.150. The molecule has 0 aromatic carbocycles. The van der Waals surface area contributed by atoms with E-state index in [1.54, 1.807) is 0 Å². The summed E-state index contributed by atoms with van der Waals surface area (Å²) in [7, 11) is 0. The molecule has 0 amide bonds. The van der Waals surface area contributed by atoms with E-state index in [4.69, 9.17) is 5.11 Å². The summed E-state index contributed by atoms with van der Waals surface area (Å²) in [6, 6.07) is 0. The van der Waals surface area contributed by atoms with Crippen molar-refractivity contribution in [3.05, 3.63) is 0 Å². The Morgan fingerprint density at radius 2 is 2.50 bits per heavy atom. The van der Waals surface area contributed by atoms with Gasteiger partial charge in [0.15, 0.2) is 6.36 Å². The zero-order valence-electron chi connectivity index (χ0n) is 4.51. The molecule has 0 spiro atoms. The highest BCUT2D eigenvalue weighted by Gasteiger charge is 2.23. The van der Waals surface area contributed by atoms with Gasteiger partial charge in [0.25, 0.3) is 0 Å². The van der Waals surface area contributed by atoms with Crippen LogP contribution in [0.3, 0.4) is 0 Å². The van der Waals surface area contributed by atoms with Gasteiger partial charge in [-0.15, -0.1) is 0 Å². The van der Waals surface area contributed by atoms with Crippen LogP contribution in [0.4, 0.5) is 4.39 Å². The van der Waals surface area contributed by atoms with Crippen molar-refractivity contribution in [3.8, 4) is 0 Å². The van der Waals surface area contributed by atoms with Crippen LogP contribution in [0.2, 0.25) is 0 Å². The average molecular weight is 120 g/mol. The lowest BCUT2D eigenvalue weighted by Gasteiger charge is -1.96. The van der Waals surface area contributed by atoms with E-state index in [0.29, 0.717) is 13.0 Å². The quantitative estimate of drug-likeness (QED) is 0.539. The average Bonchev–Trinajstić information content (AvgIpc) is 2.14. The van der Waals surface area contributed by atoms with Crippen molar-refractivity contribution in [1.29, 1.82) is 0 Å². The lowest BCUT2D eigenvalue weighted by Crippen LogP contribution is -2.03. The summed E-state index contributed by atoms with van der Waals surface area (Å²) in [5.74, 6) is 0.0324. The third-order valence-electron chi connectivity index (χ3n) is 1.29. The normalized spacial score (nSPS) is 38.2. The predicted octanol–water partition coefficient (Wildman–Crippen LogP) is 0.311. The minimum Gasteiger partial charge on any atom is -0.396 e. The number of rotatable bonds is 1. The highest BCUT2D eigenvalue weighted by atomic mass is 19.1. The summed E-state index contributed by atoms with van der Waals surface area (Å²) in [5.41, 5.74) is 0. The number of aliphatic hydroxyl groups excluding tert-OH is 1. The molecule has 2 unspecified atom stereocenters. The van der Waals surface area contributed by atoms with Gasteiger partial charge in [-0.3, -0.25) is 0 Å². The first-order valence-corrected chi connectivity index (χ1v) is 2.69. The number of halogens is 1. The molecular weight excluding hydrogens is 111 g/mol. The van der Waals surface area contributed by atoms with Gasteiger partial charge in [0.05, 0.1) is 6.61 Å². The third-order valence-corrected chi connectivity index (χ3v) is 1.29. The number of ether oxygens (including phenoxy) is 1. The van der Waals surface area contributed by atoms with Crippen LogP contribution >= 0.6 is 0 Å². The fourth-order valence-corrected chi connectivity index (χ4v) is 0.766. The number of aliphatic hydroxyl groups is 1. The molecule has 2 atom stereocenters. The van der Waals surface area contributed by atoms with Crippen LogP contribution in [-0.4, -0.2) is 24.7 Å². The molecule has 1 heterocycles. The van der Waals surface area contributed by atoms with E-state index in [2.05, 4.69) is 4.74 Å². The molecule has 3 heteroatoms. The Kier molecular flexibility index (Phi) is 1.81. The number of alkyl halides is 1. The number of hydrogen-bond donors (Lipinski definition) is 1. The lowest BCUT2D eigenvalue weighted by molar-refractivity contribution is 0.00789. The van der Waals surface area contributed by atoms with Crippen LogP contribution in [0.15, 0.2) is 0 Å². The Morgan fingerprint density at radius 3 is 2.75 bits per heavy atom. The summed E-state index contributed by atoms with van der Waals surface area (Å²) in [5, 5.41) is 8.44. The maximum absolute atomic E-state index is 12.0. The monoisotopic (exact) mass is 120 g/mol. The maximum atomic E-state index is 12.0. The highest BCUT2D eigenvalue weighted by Crippen LogP contribution is 2.18. The molecule has 0 bridgehead atoms. The molecule has 0 aromatic heterocycles. The van der Waals surface area contributed by atoms with Crippen LogP contribution in [0.1, 0.15) is 6.42 Å². The van der Waals surface area contributed by atoms with Crippen molar-refractivity contribution < 1.29 is 14.2 Å². The first-order valence-electron chi connectivity index (χ1n) is 2.69. The van der Waals surface area contributed by atoms with Crippen LogP contribution in [0.5, 0.6) is 0 Å². The minimum absolute atomic E-state index is 0.0324. The topological polar surface area (TPSA) is 29.5 Å². The van der Waals surface area contributed by atoms with Crippen molar-refractivity contribution in [2.24, 2.45) is 5.92 Å². The molecule has 48 valence electrons. The van der Waals surface area contributed by atoms with Crippen molar-refractivity contribution in [2.45, 2.75) is 12.8 Å². The first kappa shape index (κ1) is 5.98. The Bertz CT molecular complexity index is 76.8. The molecule has 0 radical (unpaired) electrons. The van der Waals surface area contributed by atoms with E-state index < -0.39 is 6.36 Å². The molecule has 0 aliphatic carbocycles. The molecule has 0 aromatic rings. The van der Waals surface area contributed by atoms with Gasteiger partial charge in [-0.1, -0.05) is 0 Å². The van der Waals surface area contributed by atoms with E-state index in [1.807, 2.05) is 0 Å². The van der Waals surface area contributed by atoms with Gasteiger partial charge < -0.3 is 9.84 Å². The van der Waals surface area contributed by atoms with Crippen molar-refractivity contribution in [1.82, 2.24) is 0 Å². The molecule has 1 saturated heterocycles. The molecule has 8 heavy (non-hydrogen) atoms. The van der Waals surface area contributed by atoms with Crippen LogP contribution in [0, 0.1) is 5.92 Å². The van der Waals surface area contributed by atoms with Gasteiger partial charge in [0.1, 0.15) is 0 Å². The second-order valence-corrected chi connectivity index (χ2v) is 2.03. The summed E-state index contributed by atoms with van der Waals surface area (Å²) < 4.78 is 16.6. The molecule has 1 fully saturated rings. The minimum atomic E-state index is -1.13. The first-order chi connectivity index (χ1) is 3.83. The molecule has 1 N–H and O–H groups in total. The second kappa shape index (κ2) is 2.42. The van der Waals surface area contributed by atoms with Crippen LogP contribution < -0.4 is 0 Å². The third kappa shape index (κ3) is 1.17. The standard InChI is InChI=1S/C5H9FO2/c6-5-1-4(2-7)3-8-5/h4-5,7H,1-3H2. The van der Waals surface area contributed by atoms with Crippen molar-refractivity contribution in [3.63, 3.8) is 0 Å². The summed E-state index contributed by atoms with van der Waals surface area (Å²) in [6.45, 7) is 0.415. The molecule has 0 saturated carbocycles. The summed E-state index contributed by atoms with van der Waals surface area (Å²) in [6.07, 6.45) is -0.775. The van der Waals surface area contributed by atoms with Gasteiger partial charge >= 0.3 is 0 Å². The number of hydrogen-bond acceptors (Lipinski definition) is 2. The smallest absolute Gasteiger partial charge is 0.199 e. The zero-order valence-corrected chi connectivity index (χ0v) is 4.51. The molecule has 1 aliphatic rings. The van der Waals surface area contributed by atoms with Gasteiger partial charge in [-0.2, -0.15) is 0 Å². The Balaban J connectivity index is 2.22.